The number of rotatable bonds is 7. The first kappa shape index (κ1) is 22.1. The van der Waals surface area contributed by atoms with Crippen molar-refractivity contribution in [1.29, 1.82) is 0 Å². The van der Waals surface area contributed by atoms with E-state index in [9.17, 15) is 0 Å². The van der Waals surface area contributed by atoms with Crippen molar-refractivity contribution in [3.63, 3.8) is 0 Å². The normalized spacial score (nSPS) is 15.0. The number of nitrogens with zero attached hydrogens (tertiary/aromatic N) is 6. The van der Waals surface area contributed by atoms with Crippen LogP contribution < -0.4 is 14.4 Å². The molecule has 0 aliphatic carbocycles. The number of aryl methyl sites for hydroxylation is 1. The Morgan fingerprint density at radius 2 is 1.75 bits per heavy atom. The molecule has 1 saturated heterocycles. The smallest absolute Gasteiger partial charge is 0.225 e. The van der Waals surface area contributed by atoms with Crippen molar-refractivity contribution in [1.82, 2.24) is 24.6 Å². The van der Waals surface area contributed by atoms with E-state index in [-0.39, 0.29) is 0 Å². The van der Waals surface area contributed by atoms with Crippen molar-refractivity contribution in [2.75, 3.05) is 46.3 Å². The molecule has 3 heterocycles. The summed E-state index contributed by atoms with van der Waals surface area (Å²) in [5, 5.41) is 4.29. The van der Waals surface area contributed by atoms with Crippen LogP contribution in [-0.4, -0.2) is 66.1 Å². The molecule has 0 atom stereocenters. The number of aromatic nitrogens is 4. The lowest BCUT2D eigenvalue weighted by molar-refractivity contribution is 0.203. The predicted molar refractivity (Wildman–Crippen MR) is 125 cm³/mol. The maximum atomic E-state index is 5.69. The third-order valence-electron chi connectivity index (χ3n) is 6.04. The lowest BCUT2D eigenvalue weighted by Gasteiger charge is -2.32. The Hall–Kier alpha value is -3.13. The van der Waals surface area contributed by atoms with E-state index >= 15 is 0 Å². The molecule has 3 aromatic rings. The van der Waals surface area contributed by atoms with Gasteiger partial charge >= 0.3 is 0 Å². The van der Waals surface area contributed by atoms with Crippen molar-refractivity contribution < 1.29 is 9.47 Å². The van der Waals surface area contributed by atoms with Gasteiger partial charge in [0.1, 0.15) is 11.5 Å². The van der Waals surface area contributed by atoms with Gasteiger partial charge in [0.2, 0.25) is 5.95 Å². The van der Waals surface area contributed by atoms with E-state index in [1.54, 1.807) is 14.2 Å². The summed E-state index contributed by atoms with van der Waals surface area (Å²) >= 11 is 0. The summed E-state index contributed by atoms with van der Waals surface area (Å²) in [7, 11) is 9.27. The maximum Gasteiger partial charge on any atom is 0.225 e. The van der Waals surface area contributed by atoms with Gasteiger partial charge in [0.05, 0.1) is 31.7 Å². The van der Waals surface area contributed by atoms with E-state index in [1.165, 1.54) is 5.56 Å². The molecule has 0 saturated carbocycles. The highest BCUT2D eigenvalue weighted by Gasteiger charge is 2.27. The second-order valence-corrected chi connectivity index (χ2v) is 8.47. The maximum absolute atomic E-state index is 5.69. The molecule has 0 N–H and O–H groups in total. The van der Waals surface area contributed by atoms with E-state index < -0.39 is 0 Å². The fourth-order valence-electron chi connectivity index (χ4n) is 4.40. The van der Waals surface area contributed by atoms with E-state index in [4.69, 9.17) is 14.5 Å². The zero-order chi connectivity index (χ0) is 22.7. The summed E-state index contributed by atoms with van der Waals surface area (Å²) < 4.78 is 13.2. The molecule has 32 heavy (non-hydrogen) atoms. The molecule has 1 fully saturated rings. The SMILES string of the molecule is COc1cccc(OC)c1-c1cnc(N(C)C)nc1C1CCN(Cc2cnn(C)c2)CC1. The van der Waals surface area contributed by atoms with Gasteiger partial charge in [0.15, 0.2) is 0 Å². The zero-order valence-corrected chi connectivity index (χ0v) is 19.6. The third kappa shape index (κ3) is 4.55. The van der Waals surface area contributed by atoms with Gasteiger partial charge in [0, 0.05) is 57.1 Å². The Balaban J connectivity index is 1.64. The number of hydrogen-bond acceptors (Lipinski definition) is 7. The third-order valence-corrected chi connectivity index (χ3v) is 6.04. The lowest BCUT2D eigenvalue weighted by Crippen LogP contribution is -2.33. The van der Waals surface area contributed by atoms with Crippen LogP contribution in [0.3, 0.4) is 0 Å². The predicted octanol–water partition coefficient (Wildman–Crippen LogP) is 3.34. The molecular weight excluding hydrogens is 404 g/mol. The molecule has 0 bridgehead atoms. The molecule has 0 amide bonds. The molecule has 1 aliphatic heterocycles. The van der Waals surface area contributed by atoms with Gasteiger partial charge in [-0.2, -0.15) is 5.10 Å². The quantitative estimate of drug-likeness (QED) is 0.563. The molecule has 8 heteroatoms. The van der Waals surface area contributed by atoms with Crippen LogP contribution in [0.4, 0.5) is 5.95 Å². The second-order valence-electron chi connectivity index (χ2n) is 8.47. The van der Waals surface area contributed by atoms with Crippen molar-refractivity contribution in [3.05, 3.63) is 48.0 Å². The number of methoxy groups -OCH3 is 2. The van der Waals surface area contributed by atoms with Crippen LogP contribution >= 0.6 is 0 Å². The summed E-state index contributed by atoms with van der Waals surface area (Å²) in [6.45, 7) is 2.97. The minimum Gasteiger partial charge on any atom is -0.496 e. The Morgan fingerprint density at radius 1 is 1.06 bits per heavy atom. The first-order valence-electron chi connectivity index (χ1n) is 11.0. The number of likely N-dealkylation sites (tertiary alicyclic amines) is 1. The van der Waals surface area contributed by atoms with Crippen LogP contribution in [0.2, 0.25) is 0 Å². The number of benzene rings is 1. The summed E-state index contributed by atoms with van der Waals surface area (Å²) in [5.41, 5.74) is 4.21. The largest absolute Gasteiger partial charge is 0.496 e. The topological polar surface area (TPSA) is 68.5 Å². The molecule has 8 nitrogen and oxygen atoms in total. The van der Waals surface area contributed by atoms with Gasteiger partial charge in [-0.15, -0.1) is 0 Å². The molecule has 0 spiro atoms. The summed E-state index contributed by atoms with van der Waals surface area (Å²) in [4.78, 5) is 14.1. The van der Waals surface area contributed by atoms with Crippen molar-refractivity contribution in [2.45, 2.75) is 25.3 Å². The molecule has 1 aromatic carbocycles. The van der Waals surface area contributed by atoms with Crippen LogP contribution in [0, 0.1) is 0 Å². The molecule has 4 rings (SSSR count). The number of piperidine rings is 1. The van der Waals surface area contributed by atoms with E-state index in [2.05, 4.69) is 21.2 Å². The summed E-state index contributed by atoms with van der Waals surface area (Å²) in [5.74, 6) is 2.59. The van der Waals surface area contributed by atoms with E-state index in [0.717, 1.165) is 66.7 Å². The Kier molecular flexibility index (Phi) is 6.60. The Bertz CT molecular complexity index is 1030. The van der Waals surface area contributed by atoms with E-state index in [0.29, 0.717) is 5.92 Å². The second kappa shape index (κ2) is 9.56. The first-order chi connectivity index (χ1) is 15.5. The first-order valence-corrected chi connectivity index (χ1v) is 11.0. The van der Waals surface area contributed by atoms with Crippen LogP contribution in [-0.2, 0) is 13.6 Å². The van der Waals surface area contributed by atoms with Gasteiger partial charge in [-0.1, -0.05) is 6.07 Å². The Morgan fingerprint density at radius 3 is 2.31 bits per heavy atom. The minimum atomic E-state index is 0.339. The van der Waals surface area contributed by atoms with Crippen molar-refractivity contribution in [3.8, 4) is 22.6 Å². The van der Waals surface area contributed by atoms with Crippen LogP contribution in [0.1, 0.15) is 30.0 Å². The average molecular weight is 437 g/mol. The number of hydrogen-bond donors (Lipinski definition) is 0. The highest BCUT2D eigenvalue weighted by molar-refractivity contribution is 5.78. The summed E-state index contributed by atoms with van der Waals surface area (Å²) in [6.07, 6.45) is 8.03. The fraction of sp³-hybridized carbons (Fsp3) is 0.458. The van der Waals surface area contributed by atoms with Gasteiger partial charge in [-0.25, -0.2) is 9.97 Å². The highest BCUT2D eigenvalue weighted by Crippen LogP contribution is 2.43. The molecule has 1 aliphatic rings. The average Bonchev–Trinajstić information content (AvgIpc) is 3.23. The number of anilines is 1. The molecule has 0 radical (unpaired) electrons. The fourth-order valence-corrected chi connectivity index (χ4v) is 4.40. The van der Waals surface area contributed by atoms with Crippen molar-refractivity contribution in [2.24, 2.45) is 7.05 Å². The van der Waals surface area contributed by atoms with E-state index in [1.807, 2.05) is 61.3 Å². The molecular formula is C24H32N6O2. The highest BCUT2D eigenvalue weighted by atomic mass is 16.5. The lowest BCUT2D eigenvalue weighted by atomic mass is 9.88. The van der Waals surface area contributed by atoms with Gasteiger partial charge in [-0.3, -0.25) is 9.58 Å². The zero-order valence-electron chi connectivity index (χ0n) is 19.6. The van der Waals surface area contributed by atoms with Gasteiger partial charge < -0.3 is 14.4 Å². The number of ether oxygens (including phenoxy) is 2. The molecule has 2 aromatic heterocycles. The Labute approximate surface area is 189 Å². The monoisotopic (exact) mass is 436 g/mol. The van der Waals surface area contributed by atoms with Crippen LogP contribution in [0.15, 0.2) is 36.8 Å². The van der Waals surface area contributed by atoms with Crippen LogP contribution in [0.25, 0.3) is 11.1 Å². The van der Waals surface area contributed by atoms with Gasteiger partial charge in [0.25, 0.3) is 0 Å². The molecule has 170 valence electrons. The van der Waals surface area contributed by atoms with Crippen LogP contribution in [0.5, 0.6) is 11.5 Å². The molecule has 0 unspecified atom stereocenters. The minimum absolute atomic E-state index is 0.339. The summed E-state index contributed by atoms with van der Waals surface area (Å²) in [6, 6.07) is 5.85. The van der Waals surface area contributed by atoms with Crippen molar-refractivity contribution >= 4 is 5.95 Å². The standard InChI is InChI=1S/C24H32N6O2/c1-28(2)24-25-14-19(22-20(31-4)7-6-8-21(22)32-5)23(27-24)18-9-11-30(12-10-18)16-17-13-26-29(3)15-17/h6-8,13-15,18H,9-12,16H2,1-5H3. The van der Waals surface area contributed by atoms with Gasteiger partial charge in [-0.05, 0) is 38.1 Å².